The highest BCUT2D eigenvalue weighted by Crippen LogP contribution is 2.27. The average Bonchev–Trinajstić information content (AvgIpc) is 2.16. The van der Waals surface area contributed by atoms with Gasteiger partial charge in [0, 0.05) is 0 Å². The Hall–Kier alpha value is -0.780. The summed E-state index contributed by atoms with van der Waals surface area (Å²) in [7, 11) is 0. The van der Waals surface area contributed by atoms with Crippen LogP contribution in [0.2, 0.25) is 0 Å². The Bertz CT molecular complexity index is 218. The van der Waals surface area contributed by atoms with Crippen LogP contribution in [0.1, 0.15) is 48.0 Å². The van der Waals surface area contributed by atoms with Crippen LogP contribution in [0.15, 0.2) is 36.0 Å². The maximum absolute atomic E-state index is 3.84. The van der Waals surface area contributed by atoms with Crippen LogP contribution in [0.5, 0.6) is 0 Å². The van der Waals surface area contributed by atoms with E-state index in [2.05, 4.69) is 32.6 Å². The van der Waals surface area contributed by atoms with Crippen LogP contribution in [-0.2, 0) is 0 Å². The molecule has 0 heteroatoms. The van der Waals surface area contributed by atoms with Gasteiger partial charge in [-0.15, -0.1) is 0 Å². The molecule has 0 bridgehead atoms. The van der Waals surface area contributed by atoms with Crippen molar-refractivity contribution in [1.29, 1.82) is 0 Å². The lowest BCUT2D eigenvalue weighted by Gasteiger charge is -2.18. The van der Waals surface area contributed by atoms with Gasteiger partial charge in [-0.2, -0.15) is 0 Å². The summed E-state index contributed by atoms with van der Waals surface area (Å²) in [5, 5.41) is 0. The molecule has 1 rings (SSSR count). The maximum atomic E-state index is 3.84. The van der Waals surface area contributed by atoms with Gasteiger partial charge < -0.3 is 0 Å². The molecule has 0 heterocycles. The Labute approximate surface area is 90.4 Å². The van der Waals surface area contributed by atoms with Gasteiger partial charge >= 0.3 is 0 Å². The fourth-order valence-electron chi connectivity index (χ4n) is 1.62. The minimum Gasteiger partial charge on any atom is -0.0985 e. The Morgan fingerprint density at radius 2 is 1.93 bits per heavy atom. The molecule has 0 nitrogen and oxygen atoms in total. The van der Waals surface area contributed by atoms with E-state index in [-0.39, 0.29) is 14.9 Å². The number of hydrogen-bond donors (Lipinski definition) is 0. The lowest BCUT2D eigenvalue weighted by Crippen LogP contribution is -2.02. The predicted octanol–water partition coefficient (Wildman–Crippen LogP) is 5.14. The quantitative estimate of drug-likeness (QED) is 0.583. The molecule has 82 valence electrons. The third kappa shape index (κ3) is 3.53. The summed E-state index contributed by atoms with van der Waals surface area (Å²) in [6.45, 7) is 8.37. The standard InChI is InChI=1S/C12H18.2CH4/c1-4-10(3)12-9-7-6-8-11(12)5-2;;/h5,8-10H,2,4,6-7H2,1,3H3;2*1H4. The van der Waals surface area contributed by atoms with Crippen molar-refractivity contribution in [2.45, 2.75) is 48.0 Å². The SMILES string of the molecule is C.C.C=CC1=CCCC=C1C(C)CC. The molecule has 0 spiro atoms. The van der Waals surface area contributed by atoms with Gasteiger partial charge in [0.1, 0.15) is 0 Å². The summed E-state index contributed by atoms with van der Waals surface area (Å²) < 4.78 is 0. The molecular formula is C14H26. The topological polar surface area (TPSA) is 0 Å². The van der Waals surface area contributed by atoms with Crippen molar-refractivity contribution < 1.29 is 0 Å². The Morgan fingerprint density at radius 1 is 1.36 bits per heavy atom. The van der Waals surface area contributed by atoms with Gasteiger partial charge in [-0.25, -0.2) is 0 Å². The molecule has 0 aliphatic heterocycles. The molecule has 0 fully saturated rings. The minimum absolute atomic E-state index is 0. The van der Waals surface area contributed by atoms with Crippen molar-refractivity contribution in [3.05, 3.63) is 36.0 Å². The molecule has 0 aromatic heterocycles. The normalized spacial score (nSPS) is 16.7. The Kier molecular flexibility index (Phi) is 8.52. The summed E-state index contributed by atoms with van der Waals surface area (Å²) in [6.07, 6.45) is 10.3. The highest BCUT2D eigenvalue weighted by molar-refractivity contribution is 5.41. The first-order chi connectivity index (χ1) is 5.79. The van der Waals surface area contributed by atoms with Gasteiger partial charge in [-0.1, -0.05) is 53.5 Å². The molecular weight excluding hydrogens is 168 g/mol. The van der Waals surface area contributed by atoms with E-state index in [0.717, 1.165) is 0 Å². The van der Waals surface area contributed by atoms with Crippen LogP contribution in [-0.4, -0.2) is 0 Å². The third-order valence-corrected chi connectivity index (χ3v) is 2.59. The number of hydrogen-bond acceptors (Lipinski definition) is 0. The zero-order valence-corrected chi connectivity index (χ0v) is 8.14. The van der Waals surface area contributed by atoms with Gasteiger partial charge in [-0.05, 0) is 36.3 Å². The van der Waals surface area contributed by atoms with Crippen molar-refractivity contribution >= 4 is 0 Å². The summed E-state index contributed by atoms with van der Waals surface area (Å²) >= 11 is 0. The van der Waals surface area contributed by atoms with Crippen LogP contribution >= 0.6 is 0 Å². The van der Waals surface area contributed by atoms with Gasteiger partial charge in [-0.3, -0.25) is 0 Å². The van der Waals surface area contributed by atoms with Crippen molar-refractivity contribution in [3.8, 4) is 0 Å². The molecule has 0 aromatic rings. The fraction of sp³-hybridized carbons (Fsp3) is 0.571. The van der Waals surface area contributed by atoms with Gasteiger partial charge in [0.15, 0.2) is 0 Å². The van der Waals surface area contributed by atoms with E-state index in [1.54, 1.807) is 0 Å². The van der Waals surface area contributed by atoms with Crippen LogP contribution in [0, 0.1) is 5.92 Å². The number of allylic oxidation sites excluding steroid dienone is 5. The third-order valence-electron chi connectivity index (χ3n) is 2.59. The van der Waals surface area contributed by atoms with E-state index in [4.69, 9.17) is 0 Å². The number of rotatable bonds is 3. The summed E-state index contributed by atoms with van der Waals surface area (Å²) in [5.74, 6) is 0.689. The van der Waals surface area contributed by atoms with E-state index in [1.807, 2.05) is 6.08 Å². The summed E-state index contributed by atoms with van der Waals surface area (Å²) in [6, 6.07) is 0. The first-order valence-corrected chi connectivity index (χ1v) is 4.82. The molecule has 1 atom stereocenters. The van der Waals surface area contributed by atoms with Crippen molar-refractivity contribution in [3.63, 3.8) is 0 Å². The Balaban J connectivity index is 0. The lowest BCUT2D eigenvalue weighted by molar-refractivity contribution is 0.656. The predicted molar refractivity (Wildman–Crippen MR) is 68.5 cm³/mol. The molecule has 0 aromatic carbocycles. The molecule has 0 saturated heterocycles. The van der Waals surface area contributed by atoms with Crippen LogP contribution < -0.4 is 0 Å². The van der Waals surface area contributed by atoms with E-state index < -0.39 is 0 Å². The second-order valence-corrected chi connectivity index (χ2v) is 3.41. The minimum atomic E-state index is 0. The van der Waals surface area contributed by atoms with E-state index in [1.165, 1.54) is 30.4 Å². The largest absolute Gasteiger partial charge is 0.0985 e. The van der Waals surface area contributed by atoms with Crippen LogP contribution in [0.3, 0.4) is 0 Å². The highest BCUT2D eigenvalue weighted by atomic mass is 14.2. The van der Waals surface area contributed by atoms with Gasteiger partial charge in [0.25, 0.3) is 0 Å². The fourth-order valence-corrected chi connectivity index (χ4v) is 1.62. The lowest BCUT2D eigenvalue weighted by atomic mass is 9.87. The maximum Gasteiger partial charge on any atom is -0.0190 e. The summed E-state index contributed by atoms with van der Waals surface area (Å²) in [4.78, 5) is 0. The molecule has 1 aliphatic rings. The van der Waals surface area contributed by atoms with Gasteiger partial charge in [0.05, 0.1) is 0 Å². The molecule has 0 radical (unpaired) electrons. The second-order valence-electron chi connectivity index (χ2n) is 3.41. The van der Waals surface area contributed by atoms with Crippen molar-refractivity contribution in [2.24, 2.45) is 5.92 Å². The van der Waals surface area contributed by atoms with E-state index in [9.17, 15) is 0 Å². The smallest absolute Gasteiger partial charge is 0.0190 e. The summed E-state index contributed by atoms with van der Waals surface area (Å²) in [5.41, 5.74) is 2.86. The molecule has 0 saturated carbocycles. The zero-order valence-electron chi connectivity index (χ0n) is 8.14. The zero-order chi connectivity index (χ0) is 8.97. The molecule has 14 heavy (non-hydrogen) atoms. The molecule has 1 aliphatic carbocycles. The van der Waals surface area contributed by atoms with Crippen LogP contribution in [0.4, 0.5) is 0 Å². The average molecular weight is 194 g/mol. The van der Waals surface area contributed by atoms with Crippen LogP contribution in [0.25, 0.3) is 0 Å². The first kappa shape index (κ1) is 15.7. The molecule has 1 unspecified atom stereocenters. The van der Waals surface area contributed by atoms with Crippen molar-refractivity contribution in [1.82, 2.24) is 0 Å². The second kappa shape index (κ2) is 7.61. The first-order valence-electron chi connectivity index (χ1n) is 4.82. The van der Waals surface area contributed by atoms with Gasteiger partial charge in [0.2, 0.25) is 0 Å². The van der Waals surface area contributed by atoms with E-state index >= 15 is 0 Å². The monoisotopic (exact) mass is 194 g/mol. The highest BCUT2D eigenvalue weighted by Gasteiger charge is 2.11. The molecule has 0 amide bonds. The molecule has 0 N–H and O–H groups in total. The van der Waals surface area contributed by atoms with E-state index in [0.29, 0.717) is 5.92 Å². The Morgan fingerprint density at radius 3 is 2.43 bits per heavy atom. The van der Waals surface area contributed by atoms with Crippen molar-refractivity contribution in [2.75, 3.05) is 0 Å².